The van der Waals surface area contributed by atoms with E-state index in [1.807, 2.05) is 6.07 Å². The van der Waals surface area contributed by atoms with Gasteiger partial charge in [-0.2, -0.15) is 0 Å². The number of hydrogen-bond acceptors (Lipinski definition) is 2. The molecule has 1 N–H and O–H groups in total. The van der Waals surface area contributed by atoms with Gasteiger partial charge in [0.25, 0.3) is 0 Å². The van der Waals surface area contributed by atoms with Gasteiger partial charge in [-0.3, -0.25) is 9.59 Å². The number of alkyl halides is 1. The van der Waals surface area contributed by atoms with E-state index in [2.05, 4.69) is 0 Å². The molecule has 2 atom stereocenters. The Morgan fingerprint density at radius 3 is 2.35 bits per heavy atom. The number of Topliss-reactive ketones (excluding diaryl/α,β-unsaturated/α-hetero) is 1. The number of carbonyl (C=O) groups excluding carboxylic acids is 1. The van der Waals surface area contributed by atoms with Gasteiger partial charge in [-0.05, 0) is 12.8 Å². The second-order valence-corrected chi connectivity index (χ2v) is 5.06. The van der Waals surface area contributed by atoms with Gasteiger partial charge in [-0.15, -0.1) is 11.6 Å². The number of benzene rings is 1. The minimum Gasteiger partial charge on any atom is -0.480 e. The third-order valence-corrected chi connectivity index (χ3v) is 4.25. The summed E-state index contributed by atoms with van der Waals surface area (Å²) in [5, 5.41) is 9.09. The first-order valence-electron chi connectivity index (χ1n) is 5.50. The smallest absolute Gasteiger partial charge is 0.325 e. The Hall–Kier alpha value is -1.35. The zero-order chi connectivity index (χ0) is 12.7. The van der Waals surface area contributed by atoms with Crippen LogP contribution in [0.4, 0.5) is 0 Å². The molecule has 1 aliphatic carbocycles. The number of carbonyl (C=O) groups is 2. The van der Waals surface area contributed by atoms with E-state index in [1.165, 1.54) is 0 Å². The van der Waals surface area contributed by atoms with Crippen LogP contribution in [0.2, 0.25) is 0 Å². The molecule has 90 valence electrons. The van der Waals surface area contributed by atoms with Crippen LogP contribution in [0.25, 0.3) is 0 Å². The van der Waals surface area contributed by atoms with Crippen molar-refractivity contribution >= 4 is 23.4 Å². The van der Waals surface area contributed by atoms with Gasteiger partial charge in [0.1, 0.15) is 0 Å². The van der Waals surface area contributed by atoms with Crippen LogP contribution in [-0.2, 0) is 4.79 Å². The fourth-order valence-electron chi connectivity index (χ4n) is 2.34. The fourth-order valence-corrected chi connectivity index (χ4v) is 2.79. The first-order valence-corrected chi connectivity index (χ1v) is 5.88. The number of hydrogen-bond donors (Lipinski definition) is 1. The molecule has 2 unspecified atom stereocenters. The molecule has 0 bridgehead atoms. The van der Waals surface area contributed by atoms with E-state index in [-0.39, 0.29) is 12.2 Å². The molecule has 0 saturated heterocycles. The SMILES string of the molecule is CCC1(C(=O)c2ccccc2)CC1(Cl)C(=O)O. The van der Waals surface area contributed by atoms with Crippen molar-refractivity contribution in [2.75, 3.05) is 0 Å². The first kappa shape index (κ1) is 12.1. The molecule has 0 aromatic heterocycles. The van der Waals surface area contributed by atoms with Crippen molar-refractivity contribution in [2.45, 2.75) is 24.6 Å². The Kier molecular flexibility index (Phi) is 2.74. The highest BCUT2D eigenvalue weighted by Crippen LogP contribution is 2.64. The molecule has 0 spiro atoms. The summed E-state index contributed by atoms with van der Waals surface area (Å²) in [6, 6.07) is 8.72. The summed E-state index contributed by atoms with van der Waals surface area (Å²) in [7, 11) is 0. The molecule has 4 heteroatoms. The number of aliphatic carboxylic acids is 1. The Balaban J connectivity index is 2.35. The van der Waals surface area contributed by atoms with Crippen molar-refractivity contribution in [3.8, 4) is 0 Å². The number of carboxylic acid groups (broad SMARTS) is 1. The molecule has 2 rings (SSSR count). The molecule has 0 radical (unpaired) electrons. The molecule has 1 aromatic carbocycles. The topological polar surface area (TPSA) is 54.4 Å². The molecule has 1 aliphatic rings. The molecule has 0 heterocycles. The average Bonchev–Trinajstić information content (AvgIpc) is 2.98. The maximum atomic E-state index is 12.3. The highest BCUT2D eigenvalue weighted by Gasteiger charge is 2.74. The van der Waals surface area contributed by atoms with E-state index < -0.39 is 16.3 Å². The van der Waals surface area contributed by atoms with E-state index >= 15 is 0 Å². The molecule has 17 heavy (non-hydrogen) atoms. The quantitative estimate of drug-likeness (QED) is 0.662. The lowest BCUT2D eigenvalue weighted by Gasteiger charge is -2.15. The highest BCUT2D eigenvalue weighted by atomic mass is 35.5. The molecular formula is C13H13ClO3. The van der Waals surface area contributed by atoms with E-state index in [4.69, 9.17) is 16.7 Å². The van der Waals surface area contributed by atoms with Crippen molar-refractivity contribution in [1.29, 1.82) is 0 Å². The lowest BCUT2D eigenvalue weighted by Crippen LogP contribution is -2.30. The largest absolute Gasteiger partial charge is 0.480 e. The second kappa shape index (κ2) is 3.84. The van der Waals surface area contributed by atoms with Gasteiger partial charge in [0.15, 0.2) is 10.7 Å². The van der Waals surface area contributed by atoms with Crippen LogP contribution < -0.4 is 0 Å². The third kappa shape index (κ3) is 1.57. The van der Waals surface area contributed by atoms with Gasteiger partial charge in [0, 0.05) is 5.56 Å². The first-order chi connectivity index (χ1) is 7.98. The van der Waals surface area contributed by atoms with Gasteiger partial charge in [-0.25, -0.2) is 0 Å². The summed E-state index contributed by atoms with van der Waals surface area (Å²) in [6.07, 6.45) is 0.650. The van der Waals surface area contributed by atoms with Crippen LogP contribution >= 0.6 is 11.6 Å². The van der Waals surface area contributed by atoms with Crippen molar-refractivity contribution in [3.63, 3.8) is 0 Å². The number of carboxylic acids is 1. The minimum absolute atomic E-state index is 0.169. The number of halogens is 1. The molecule has 1 saturated carbocycles. The summed E-state index contributed by atoms with van der Waals surface area (Å²) >= 11 is 6.03. The summed E-state index contributed by atoms with van der Waals surface area (Å²) in [4.78, 5) is 22.0. The Bertz CT molecular complexity index is 471. The van der Waals surface area contributed by atoms with Gasteiger partial charge in [0.05, 0.1) is 5.41 Å². The van der Waals surface area contributed by atoms with Gasteiger partial charge >= 0.3 is 5.97 Å². The monoisotopic (exact) mass is 252 g/mol. The molecule has 1 aromatic rings. The van der Waals surface area contributed by atoms with Gasteiger partial charge < -0.3 is 5.11 Å². The molecular weight excluding hydrogens is 240 g/mol. The minimum atomic E-state index is -1.42. The number of ketones is 1. The van der Waals surface area contributed by atoms with Crippen molar-refractivity contribution in [3.05, 3.63) is 35.9 Å². The van der Waals surface area contributed by atoms with E-state index in [1.54, 1.807) is 31.2 Å². The van der Waals surface area contributed by atoms with Crippen LogP contribution in [0.3, 0.4) is 0 Å². The Morgan fingerprint density at radius 1 is 1.35 bits per heavy atom. The number of rotatable bonds is 4. The summed E-state index contributed by atoms with van der Waals surface area (Å²) in [5.74, 6) is -1.27. The fraction of sp³-hybridized carbons (Fsp3) is 0.385. The van der Waals surface area contributed by atoms with E-state index in [0.29, 0.717) is 12.0 Å². The third-order valence-electron chi connectivity index (χ3n) is 3.59. The normalized spacial score (nSPS) is 30.9. The van der Waals surface area contributed by atoms with E-state index in [9.17, 15) is 9.59 Å². The predicted octanol–water partition coefficient (Wildman–Crippen LogP) is 2.73. The van der Waals surface area contributed by atoms with Crippen LogP contribution in [0.5, 0.6) is 0 Å². The molecule has 0 aliphatic heterocycles. The highest BCUT2D eigenvalue weighted by molar-refractivity contribution is 6.40. The zero-order valence-electron chi connectivity index (χ0n) is 9.44. The summed E-state index contributed by atoms with van der Waals surface area (Å²) in [5.41, 5.74) is -0.417. The molecule has 0 amide bonds. The molecule has 1 fully saturated rings. The van der Waals surface area contributed by atoms with Crippen LogP contribution in [-0.4, -0.2) is 21.7 Å². The predicted molar refractivity (Wildman–Crippen MR) is 64.3 cm³/mol. The zero-order valence-corrected chi connectivity index (χ0v) is 10.2. The summed E-state index contributed by atoms with van der Waals surface area (Å²) < 4.78 is 0. The van der Waals surface area contributed by atoms with Crippen molar-refractivity contribution in [2.24, 2.45) is 5.41 Å². The van der Waals surface area contributed by atoms with Crippen molar-refractivity contribution in [1.82, 2.24) is 0 Å². The maximum absolute atomic E-state index is 12.3. The lowest BCUT2D eigenvalue weighted by atomic mass is 9.89. The van der Waals surface area contributed by atoms with Crippen LogP contribution in [0, 0.1) is 5.41 Å². The van der Waals surface area contributed by atoms with Crippen LogP contribution in [0.15, 0.2) is 30.3 Å². The van der Waals surface area contributed by atoms with E-state index in [0.717, 1.165) is 0 Å². The lowest BCUT2D eigenvalue weighted by molar-refractivity contribution is -0.138. The second-order valence-electron chi connectivity index (χ2n) is 4.41. The van der Waals surface area contributed by atoms with Gasteiger partial charge in [-0.1, -0.05) is 37.3 Å². The van der Waals surface area contributed by atoms with Crippen molar-refractivity contribution < 1.29 is 14.7 Å². The molecule has 3 nitrogen and oxygen atoms in total. The summed E-state index contributed by atoms with van der Waals surface area (Å²) in [6.45, 7) is 1.80. The Morgan fingerprint density at radius 2 is 1.94 bits per heavy atom. The Labute approximate surface area is 104 Å². The van der Waals surface area contributed by atoms with Gasteiger partial charge in [0.2, 0.25) is 0 Å². The standard InChI is InChI=1S/C13H13ClO3/c1-2-12(8-13(12,14)11(16)17)10(15)9-6-4-3-5-7-9/h3-7H,2,8H2,1H3,(H,16,17). The maximum Gasteiger partial charge on any atom is 0.325 e. The van der Waals surface area contributed by atoms with Crippen LogP contribution in [0.1, 0.15) is 30.1 Å². The average molecular weight is 253 g/mol.